The van der Waals surface area contributed by atoms with E-state index in [9.17, 15) is 19.5 Å². The smallest absolute Gasteiger partial charge is 0.410 e. The van der Waals surface area contributed by atoms with Gasteiger partial charge in [-0.05, 0) is 49.9 Å². The summed E-state index contributed by atoms with van der Waals surface area (Å²) in [6.45, 7) is 1.95. The van der Waals surface area contributed by atoms with Crippen LogP contribution in [0.25, 0.3) is 0 Å². The lowest BCUT2D eigenvalue weighted by Crippen LogP contribution is -2.60. The van der Waals surface area contributed by atoms with Gasteiger partial charge in [0.25, 0.3) is 0 Å². The molecule has 0 aromatic heterocycles. The monoisotopic (exact) mass is 327 g/mol. The molecule has 0 bridgehead atoms. The highest BCUT2D eigenvalue weighted by molar-refractivity contribution is 5.80. The van der Waals surface area contributed by atoms with Gasteiger partial charge in [0.2, 0.25) is 0 Å². The van der Waals surface area contributed by atoms with Crippen LogP contribution in [0.3, 0.4) is 0 Å². The second kappa shape index (κ2) is 7.19. The molecule has 0 radical (unpaired) electrons. The number of fused-ring (bicyclic) bond motifs is 1. The van der Waals surface area contributed by atoms with Crippen LogP contribution in [0, 0.1) is 17.8 Å². The number of likely N-dealkylation sites (tertiary alicyclic amines) is 1. The van der Waals surface area contributed by atoms with Gasteiger partial charge in [-0.1, -0.05) is 6.92 Å². The minimum atomic E-state index is -1.02. The van der Waals surface area contributed by atoms with Gasteiger partial charge in [0.1, 0.15) is 6.04 Å². The molecule has 1 saturated heterocycles. The van der Waals surface area contributed by atoms with E-state index in [0.717, 1.165) is 19.3 Å². The summed E-state index contributed by atoms with van der Waals surface area (Å²) in [7, 11) is 1.27. The van der Waals surface area contributed by atoms with Crippen molar-refractivity contribution in [3.05, 3.63) is 0 Å². The number of aliphatic carboxylic acids is 2. The highest BCUT2D eigenvalue weighted by atomic mass is 16.5. The quantitative estimate of drug-likeness (QED) is 0.820. The van der Waals surface area contributed by atoms with Crippen LogP contribution >= 0.6 is 0 Å². The Kier molecular flexibility index (Phi) is 5.49. The number of methoxy groups -OCH3 is 1. The fourth-order valence-corrected chi connectivity index (χ4v) is 4.52. The molecule has 1 amide bonds. The Labute approximate surface area is 135 Å². The molecule has 0 aromatic rings. The normalized spacial score (nSPS) is 33.7. The lowest BCUT2D eigenvalue weighted by atomic mass is 9.65. The van der Waals surface area contributed by atoms with Crippen LogP contribution in [0.15, 0.2) is 0 Å². The van der Waals surface area contributed by atoms with E-state index in [1.165, 1.54) is 12.0 Å². The summed E-state index contributed by atoms with van der Waals surface area (Å²) >= 11 is 0. The molecule has 7 nitrogen and oxygen atoms in total. The molecule has 130 valence electrons. The molecule has 2 rings (SSSR count). The maximum Gasteiger partial charge on any atom is 0.410 e. The number of nitrogens with zero attached hydrogens (tertiary/aromatic N) is 1. The average molecular weight is 327 g/mol. The Morgan fingerprint density at radius 2 is 1.87 bits per heavy atom. The van der Waals surface area contributed by atoms with Crippen LogP contribution in [-0.4, -0.2) is 52.3 Å². The number of carboxylic acid groups (broad SMARTS) is 2. The Morgan fingerprint density at radius 1 is 1.17 bits per heavy atom. The van der Waals surface area contributed by atoms with Crippen LogP contribution in [-0.2, 0) is 14.3 Å². The van der Waals surface area contributed by atoms with Crippen molar-refractivity contribution >= 4 is 18.0 Å². The van der Waals surface area contributed by atoms with Crippen molar-refractivity contribution in [2.24, 2.45) is 17.8 Å². The molecule has 7 heteroatoms. The average Bonchev–Trinajstić information content (AvgIpc) is 2.51. The third-order valence-electron chi connectivity index (χ3n) is 5.42. The summed E-state index contributed by atoms with van der Waals surface area (Å²) in [4.78, 5) is 36.1. The highest BCUT2D eigenvalue weighted by Crippen LogP contribution is 2.46. The molecule has 5 unspecified atom stereocenters. The molecule has 0 spiro atoms. The fraction of sp³-hybridized carbons (Fsp3) is 0.812. The van der Waals surface area contributed by atoms with Gasteiger partial charge in [0.15, 0.2) is 0 Å². The first-order valence-electron chi connectivity index (χ1n) is 8.19. The lowest BCUT2D eigenvalue weighted by Gasteiger charge is -2.50. The molecule has 0 aromatic carbocycles. The van der Waals surface area contributed by atoms with E-state index in [-0.39, 0.29) is 30.2 Å². The van der Waals surface area contributed by atoms with Crippen molar-refractivity contribution in [3.63, 3.8) is 0 Å². The molecule has 5 atom stereocenters. The van der Waals surface area contributed by atoms with Crippen LogP contribution in [0.2, 0.25) is 0 Å². The van der Waals surface area contributed by atoms with E-state index < -0.39 is 24.1 Å². The lowest BCUT2D eigenvalue weighted by molar-refractivity contribution is -0.149. The molecular formula is C16H25NO6. The Balaban J connectivity index is 2.22. The van der Waals surface area contributed by atoms with Gasteiger partial charge in [-0.15, -0.1) is 0 Å². The number of piperidine rings is 1. The molecule has 1 saturated carbocycles. The molecule has 1 aliphatic heterocycles. The first-order chi connectivity index (χ1) is 10.9. The SMILES string of the molecule is CCC1C2CCC(CC(=O)O)CC2CC(C(=O)O)N1C(=O)OC. The predicted molar refractivity (Wildman–Crippen MR) is 80.9 cm³/mol. The number of amides is 1. The van der Waals surface area contributed by atoms with Crippen molar-refractivity contribution in [1.29, 1.82) is 0 Å². The molecular weight excluding hydrogens is 302 g/mol. The minimum absolute atomic E-state index is 0.102. The number of hydrogen-bond acceptors (Lipinski definition) is 4. The number of carboxylic acids is 2. The van der Waals surface area contributed by atoms with E-state index in [1.807, 2.05) is 6.92 Å². The molecule has 1 aliphatic carbocycles. The maximum absolute atomic E-state index is 12.1. The Morgan fingerprint density at radius 3 is 2.39 bits per heavy atom. The second-order valence-electron chi connectivity index (χ2n) is 6.64. The van der Waals surface area contributed by atoms with Crippen molar-refractivity contribution in [3.8, 4) is 0 Å². The van der Waals surface area contributed by atoms with Crippen LogP contribution in [0.4, 0.5) is 4.79 Å². The van der Waals surface area contributed by atoms with Crippen LogP contribution in [0.1, 0.15) is 45.4 Å². The highest BCUT2D eigenvalue weighted by Gasteiger charge is 2.49. The van der Waals surface area contributed by atoms with Crippen molar-refractivity contribution in [2.45, 2.75) is 57.5 Å². The van der Waals surface area contributed by atoms with Gasteiger partial charge in [-0.2, -0.15) is 0 Å². The third kappa shape index (κ3) is 3.59. The topological polar surface area (TPSA) is 104 Å². The summed E-state index contributed by atoms with van der Waals surface area (Å²) in [5, 5.41) is 18.5. The number of hydrogen-bond donors (Lipinski definition) is 2. The van der Waals surface area contributed by atoms with E-state index >= 15 is 0 Å². The largest absolute Gasteiger partial charge is 0.481 e. The molecule has 23 heavy (non-hydrogen) atoms. The third-order valence-corrected chi connectivity index (χ3v) is 5.42. The zero-order valence-corrected chi connectivity index (χ0v) is 13.6. The maximum atomic E-state index is 12.1. The van der Waals surface area contributed by atoms with Crippen LogP contribution in [0.5, 0.6) is 0 Å². The van der Waals surface area contributed by atoms with E-state index in [2.05, 4.69) is 0 Å². The molecule has 2 N–H and O–H groups in total. The number of carbonyl (C=O) groups is 3. The number of ether oxygens (including phenoxy) is 1. The van der Waals surface area contributed by atoms with E-state index in [4.69, 9.17) is 9.84 Å². The van der Waals surface area contributed by atoms with Gasteiger partial charge >= 0.3 is 18.0 Å². The molecule has 2 aliphatic rings. The Hall–Kier alpha value is -1.79. The van der Waals surface area contributed by atoms with Crippen LogP contribution < -0.4 is 0 Å². The second-order valence-corrected chi connectivity index (χ2v) is 6.64. The van der Waals surface area contributed by atoms with Gasteiger partial charge < -0.3 is 14.9 Å². The number of rotatable bonds is 4. The molecule has 2 fully saturated rings. The minimum Gasteiger partial charge on any atom is -0.481 e. The summed E-state index contributed by atoms with van der Waals surface area (Å²) in [6, 6.07) is -1.05. The molecule has 1 heterocycles. The zero-order valence-electron chi connectivity index (χ0n) is 13.6. The number of carbonyl (C=O) groups excluding carboxylic acids is 1. The summed E-state index contributed by atoms with van der Waals surface area (Å²) in [5.41, 5.74) is 0. The predicted octanol–water partition coefficient (Wildman–Crippen LogP) is 2.20. The van der Waals surface area contributed by atoms with Crippen molar-refractivity contribution < 1.29 is 29.3 Å². The van der Waals surface area contributed by atoms with Gasteiger partial charge in [0.05, 0.1) is 7.11 Å². The van der Waals surface area contributed by atoms with E-state index in [0.29, 0.717) is 12.8 Å². The van der Waals surface area contributed by atoms with Gasteiger partial charge in [-0.3, -0.25) is 9.69 Å². The van der Waals surface area contributed by atoms with Gasteiger partial charge in [-0.25, -0.2) is 9.59 Å². The first kappa shape index (κ1) is 17.6. The van der Waals surface area contributed by atoms with E-state index in [1.54, 1.807) is 0 Å². The first-order valence-corrected chi connectivity index (χ1v) is 8.19. The van der Waals surface area contributed by atoms with Crippen molar-refractivity contribution in [2.75, 3.05) is 7.11 Å². The zero-order chi connectivity index (χ0) is 17.1. The summed E-state index contributed by atoms with van der Waals surface area (Å²) in [6.07, 6.45) is 2.98. The van der Waals surface area contributed by atoms with Crippen molar-refractivity contribution in [1.82, 2.24) is 4.90 Å². The summed E-state index contributed by atoms with van der Waals surface area (Å²) < 4.78 is 4.80. The fourth-order valence-electron chi connectivity index (χ4n) is 4.52. The Bertz CT molecular complexity index is 479. The summed E-state index contributed by atoms with van der Waals surface area (Å²) in [5.74, 6) is -1.35. The standard InChI is InChI=1S/C16H25NO6/c1-3-12-11-5-4-9(7-14(18)19)6-10(11)8-13(15(20)21)17(12)16(22)23-2/h9-13H,3-8H2,1-2H3,(H,18,19)(H,20,21). The van der Waals surface area contributed by atoms with Gasteiger partial charge in [0, 0.05) is 12.5 Å².